The molecule has 1 saturated carbocycles. The van der Waals surface area contributed by atoms with Crippen molar-refractivity contribution < 1.29 is 0 Å². The molecule has 16 heavy (non-hydrogen) atoms. The maximum atomic E-state index is 3.81. The van der Waals surface area contributed by atoms with Crippen LogP contribution < -0.4 is 5.32 Å². The fraction of sp³-hybridized carbons (Fsp3) is 1.00. The minimum absolute atomic E-state index is 0.402. The van der Waals surface area contributed by atoms with E-state index in [0.29, 0.717) is 5.54 Å². The van der Waals surface area contributed by atoms with Gasteiger partial charge in [-0.1, -0.05) is 13.8 Å². The van der Waals surface area contributed by atoms with E-state index in [4.69, 9.17) is 0 Å². The Bertz CT molecular complexity index is 221. The van der Waals surface area contributed by atoms with Crippen LogP contribution in [0.25, 0.3) is 0 Å². The lowest BCUT2D eigenvalue weighted by atomic mass is 9.94. The van der Waals surface area contributed by atoms with E-state index in [2.05, 4.69) is 31.0 Å². The normalized spacial score (nSPS) is 33.0. The first-order valence-electron chi connectivity index (χ1n) is 7.18. The minimum Gasteiger partial charge on any atom is -0.310 e. The van der Waals surface area contributed by atoms with Crippen LogP contribution in [0.15, 0.2) is 0 Å². The lowest BCUT2D eigenvalue weighted by Crippen LogP contribution is -2.52. The highest BCUT2D eigenvalue weighted by Gasteiger charge is 2.43. The molecule has 0 amide bonds. The van der Waals surface area contributed by atoms with Gasteiger partial charge in [0.2, 0.25) is 0 Å². The van der Waals surface area contributed by atoms with E-state index in [1.165, 1.54) is 51.7 Å². The van der Waals surface area contributed by atoms with Crippen molar-refractivity contribution in [1.82, 2.24) is 10.2 Å². The summed E-state index contributed by atoms with van der Waals surface area (Å²) < 4.78 is 0. The third-order valence-electron chi connectivity index (χ3n) is 4.62. The first-order chi connectivity index (χ1) is 7.69. The zero-order valence-corrected chi connectivity index (χ0v) is 11.3. The summed E-state index contributed by atoms with van der Waals surface area (Å²) in [5, 5.41) is 3.81. The number of nitrogens with zero attached hydrogens (tertiary/aromatic N) is 1. The fourth-order valence-electron chi connectivity index (χ4n) is 3.32. The molecule has 2 fully saturated rings. The van der Waals surface area contributed by atoms with Gasteiger partial charge in [-0.2, -0.15) is 0 Å². The molecule has 2 rings (SSSR count). The van der Waals surface area contributed by atoms with E-state index in [-0.39, 0.29) is 0 Å². The molecule has 0 radical (unpaired) electrons. The number of nitrogens with one attached hydrogen (secondary N) is 1. The van der Waals surface area contributed by atoms with Crippen LogP contribution in [0, 0.1) is 5.92 Å². The molecule has 0 aromatic rings. The van der Waals surface area contributed by atoms with Gasteiger partial charge in [0.05, 0.1) is 0 Å². The largest absolute Gasteiger partial charge is 0.310 e. The lowest BCUT2D eigenvalue weighted by molar-refractivity contribution is 0.143. The van der Waals surface area contributed by atoms with Crippen molar-refractivity contribution in [3.63, 3.8) is 0 Å². The second-order valence-electron chi connectivity index (χ2n) is 5.91. The van der Waals surface area contributed by atoms with Gasteiger partial charge >= 0.3 is 0 Å². The second kappa shape index (κ2) is 5.05. The molecule has 2 heteroatoms. The van der Waals surface area contributed by atoms with E-state index >= 15 is 0 Å². The van der Waals surface area contributed by atoms with Crippen LogP contribution in [0.3, 0.4) is 0 Å². The molecule has 94 valence electrons. The Morgan fingerprint density at radius 2 is 2.00 bits per heavy atom. The van der Waals surface area contributed by atoms with Crippen molar-refractivity contribution in [2.75, 3.05) is 19.6 Å². The average molecular weight is 224 g/mol. The molecular weight excluding hydrogens is 196 g/mol. The van der Waals surface area contributed by atoms with Crippen LogP contribution >= 0.6 is 0 Å². The summed E-state index contributed by atoms with van der Waals surface area (Å²) >= 11 is 0. The molecular formula is C14H28N2. The van der Waals surface area contributed by atoms with Gasteiger partial charge in [-0.3, -0.25) is 4.90 Å². The monoisotopic (exact) mass is 224 g/mol. The zero-order chi connectivity index (χ0) is 11.6. The quantitative estimate of drug-likeness (QED) is 0.790. The Hall–Kier alpha value is -0.0800. The van der Waals surface area contributed by atoms with Gasteiger partial charge in [-0.25, -0.2) is 0 Å². The molecule has 1 N–H and O–H groups in total. The first kappa shape index (κ1) is 12.4. The Morgan fingerprint density at radius 1 is 1.31 bits per heavy atom. The van der Waals surface area contributed by atoms with Crippen molar-refractivity contribution in [1.29, 1.82) is 0 Å². The molecule has 2 nitrogen and oxygen atoms in total. The molecule has 2 aliphatic rings. The number of hydrogen-bond acceptors (Lipinski definition) is 2. The van der Waals surface area contributed by atoms with Crippen LogP contribution in [-0.4, -0.2) is 36.1 Å². The standard InChI is InChI=1S/C14H28N2/c1-4-13(5-2)16-10-6-9-15-14(3,11-16)12-7-8-12/h12-13,15H,4-11H2,1-3H3. The van der Waals surface area contributed by atoms with Crippen molar-refractivity contribution in [2.24, 2.45) is 5.92 Å². The lowest BCUT2D eigenvalue weighted by Gasteiger charge is -2.37. The summed E-state index contributed by atoms with van der Waals surface area (Å²) in [5.41, 5.74) is 0.402. The van der Waals surface area contributed by atoms with Gasteiger partial charge < -0.3 is 5.32 Å². The molecule has 0 aromatic carbocycles. The molecule has 0 aromatic heterocycles. The maximum absolute atomic E-state index is 3.81. The minimum atomic E-state index is 0.402. The summed E-state index contributed by atoms with van der Waals surface area (Å²) in [6, 6.07) is 0.804. The summed E-state index contributed by atoms with van der Waals surface area (Å²) in [4.78, 5) is 2.75. The SMILES string of the molecule is CCC(CC)N1CCCNC(C)(C2CC2)C1. The fourth-order valence-corrected chi connectivity index (χ4v) is 3.32. The summed E-state index contributed by atoms with van der Waals surface area (Å²) in [6.45, 7) is 10.9. The molecule has 1 unspecified atom stereocenters. The van der Waals surface area contributed by atoms with E-state index in [9.17, 15) is 0 Å². The highest BCUT2D eigenvalue weighted by molar-refractivity contribution is 5.01. The Morgan fingerprint density at radius 3 is 2.56 bits per heavy atom. The molecule has 1 aliphatic carbocycles. The van der Waals surface area contributed by atoms with Gasteiger partial charge in [0.25, 0.3) is 0 Å². The molecule has 1 atom stereocenters. The zero-order valence-electron chi connectivity index (χ0n) is 11.3. The Labute approximate surface area is 101 Å². The van der Waals surface area contributed by atoms with Gasteiger partial charge in [-0.15, -0.1) is 0 Å². The molecule has 1 aliphatic heterocycles. The van der Waals surface area contributed by atoms with Gasteiger partial charge in [0.1, 0.15) is 0 Å². The van der Waals surface area contributed by atoms with Crippen LogP contribution in [0.2, 0.25) is 0 Å². The molecule has 1 saturated heterocycles. The average Bonchev–Trinajstić information content (AvgIpc) is 3.07. The van der Waals surface area contributed by atoms with E-state index in [0.717, 1.165) is 12.0 Å². The predicted octanol–water partition coefficient (Wildman–Crippen LogP) is 2.64. The highest BCUT2D eigenvalue weighted by atomic mass is 15.2. The third kappa shape index (κ3) is 2.60. The molecule has 1 heterocycles. The Kier molecular flexibility index (Phi) is 3.91. The van der Waals surface area contributed by atoms with Gasteiger partial charge in [0, 0.05) is 18.1 Å². The molecule has 0 bridgehead atoms. The predicted molar refractivity (Wildman–Crippen MR) is 69.7 cm³/mol. The van der Waals surface area contributed by atoms with Crippen molar-refractivity contribution in [2.45, 2.75) is 64.5 Å². The van der Waals surface area contributed by atoms with Crippen molar-refractivity contribution in [3.05, 3.63) is 0 Å². The Balaban J connectivity index is 2.02. The molecule has 0 spiro atoms. The van der Waals surface area contributed by atoms with Gasteiger partial charge in [0.15, 0.2) is 0 Å². The second-order valence-corrected chi connectivity index (χ2v) is 5.91. The topological polar surface area (TPSA) is 15.3 Å². The van der Waals surface area contributed by atoms with Crippen LogP contribution in [0.1, 0.15) is 52.9 Å². The van der Waals surface area contributed by atoms with Crippen LogP contribution in [0.5, 0.6) is 0 Å². The summed E-state index contributed by atoms with van der Waals surface area (Å²) in [6.07, 6.45) is 6.81. The van der Waals surface area contributed by atoms with Gasteiger partial charge in [-0.05, 0) is 58.0 Å². The first-order valence-corrected chi connectivity index (χ1v) is 7.18. The maximum Gasteiger partial charge on any atom is 0.0308 e. The van der Waals surface area contributed by atoms with E-state index < -0.39 is 0 Å². The van der Waals surface area contributed by atoms with Crippen LogP contribution in [0.4, 0.5) is 0 Å². The number of hydrogen-bond donors (Lipinski definition) is 1. The number of rotatable bonds is 4. The van der Waals surface area contributed by atoms with Crippen molar-refractivity contribution in [3.8, 4) is 0 Å². The highest BCUT2D eigenvalue weighted by Crippen LogP contribution is 2.40. The summed E-state index contributed by atoms with van der Waals surface area (Å²) in [5.74, 6) is 0.947. The van der Waals surface area contributed by atoms with E-state index in [1.54, 1.807) is 0 Å². The van der Waals surface area contributed by atoms with Crippen molar-refractivity contribution >= 4 is 0 Å². The van der Waals surface area contributed by atoms with Crippen LogP contribution in [-0.2, 0) is 0 Å². The smallest absolute Gasteiger partial charge is 0.0308 e. The third-order valence-corrected chi connectivity index (χ3v) is 4.62. The summed E-state index contributed by atoms with van der Waals surface area (Å²) in [7, 11) is 0. The van der Waals surface area contributed by atoms with E-state index in [1.807, 2.05) is 0 Å².